The largest absolute Gasteiger partial charge is 0.493 e. The summed E-state index contributed by atoms with van der Waals surface area (Å²) in [6.07, 6.45) is 4.32. The topological polar surface area (TPSA) is 59.1 Å². The van der Waals surface area contributed by atoms with Crippen molar-refractivity contribution in [3.05, 3.63) is 72.5 Å². The molecule has 0 N–H and O–H groups in total. The van der Waals surface area contributed by atoms with Crippen LogP contribution in [0.1, 0.15) is 39.5 Å². The predicted molar refractivity (Wildman–Crippen MR) is 122 cm³/mol. The summed E-state index contributed by atoms with van der Waals surface area (Å²) >= 11 is 0. The van der Waals surface area contributed by atoms with Crippen molar-refractivity contribution in [1.82, 2.24) is 0 Å². The van der Waals surface area contributed by atoms with E-state index in [1.165, 1.54) is 10.5 Å². The molecule has 3 heterocycles. The molecular weight excluding hydrogens is 404 g/mol. The molecule has 5 rings (SSSR count). The van der Waals surface area contributed by atoms with Gasteiger partial charge in [-0.2, -0.15) is 0 Å². The molecular formula is C26H28N2O4. The number of rotatable bonds is 5. The van der Waals surface area contributed by atoms with Crippen molar-refractivity contribution >= 4 is 23.2 Å². The summed E-state index contributed by atoms with van der Waals surface area (Å²) in [5.74, 6) is -1.18. The molecule has 0 spiro atoms. The summed E-state index contributed by atoms with van der Waals surface area (Å²) in [5, 5.41) is 1.77. The Labute approximate surface area is 188 Å². The molecule has 2 aromatic carbocycles. The summed E-state index contributed by atoms with van der Waals surface area (Å²) in [4.78, 5) is 34.7. The van der Waals surface area contributed by atoms with Crippen LogP contribution in [0.25, 0.3) is 0 Å². The van der Waals surface area contributed by atoms with Crippen molar-refractivity contribution in [2.75, 3.05) is 9.96 Å². The Morgan fingerprint density at radius 2 is 1.59 bits per heavy atom. The smallest absolute Gasteiger partial charge is 0.266 e. The van der Waals surface area contributed by atoms with Gasteiger partial charge >= 0.3 is 0 Å². The van der Waals surface area contributed by atoms with Crippen LogP contribution in [0.2, 0.25) is 0 Å². The molecule has 4 atom stereocenters. The van der Waals surface area contributed by atoms with Crippen LogP contribution in [0.3, 0.4) is 0 Å². The first-order valence-electron chi connectivity index (χ1n) is 11.4. The van der Waals surface area contributed by atoms with Gasteiger partial charge in [0.05, 0.1) is 17.6 Å². The molecule has 0 radical (unpaired) electrons. The predicted octanol–water partition coefficient (Wildman–Crippen LogP) is 4.62. The standard InChI is InChI=1S/C26H28N2O4/c1-3-18-15-16-26(4-2,31-17-18)23-21-22(32-28(23)20-13-9-6-10-14-20)25(30)27(24(21)29)19-11-7-5-8-12-19/h5-14,17,21-23H,3-4,15-16H2,1-2H3/t21-,22-,23+,26+/m0/s1. The second kappa shape index (κ2) is 8.10. The zero-order valence-electron chi connectivity index (χ0n) is 18.4. The maximum Gasteiger partial charge on any atom is 0.266 e. The number of hydrogen-bond acceptors (Lipinski definition) is 5. The quantitative estimate of drug-likeness (QED) is 0.646. The minimum Gasteiger partial charge on any atom is -0.493 e. The third kappa shape index (κ3) is 3.13. The van der Waals surface area contributed by atoms with Crippen LogP contribution in [0.4, 0.5) is 11.4 Å². The highest BCUT2D eigenvalue weighted by Gasteiger charge is 2.65. The number of carbonyl (C=O) groups excluding carboxylic acids is 2. The van der Waals surface area contributed by atoms with Crippen molar-refractivity contribution in [3.8, 4) is 0 Å². The van der Waals surface area contributed by atoms with Crippen molar-refractivity contribution in [2.24, 2.45) is 5.92 Å². The lowest BCUT2D eigenvalue weighted by Gasteiger charge is -2.45. The third-order valence-electron chi connectivity index (χ3n) is 7.06. The van der Waals surface area contributed by atoms with Gasteiger partial charge in [0, 0.05) is 0 Å². The maximum absolute atomic E-state index is 13.7. The van der Waals surface area contributed by atoms with Crippen LogP contribution in [0, 0.1) is 5.92 Å². The van der Waals surface area contributed by atoms with E-state index in [-0.39, 0.29) is 11.8 Å². The Morgan fingerprint density at radius 1 is 0.938 bits per heavy atom. The molecule has 2 fully saturated rings. The van der Waals surface area contributed by atoms with E-state index in [2.05, 4.69) is 13.8 Å². The van der Waals surface area contributed by atoms with Gasteiger partial charge in [-0.3, -0.25) is 14.4 Å². The lowest BCUT2D eigenvalue weighted by atomic mass is 9.76. The van der Waals surface area contributed by atoms with E-state index in [0.717, 1.165) is 24.9 Å². The molecule has 0 bridgehead atoms. The van der Waals surface area contributed by atoms with Gasteiger partial charge in [0.1, 0.15) is 17.6 Å². The van der Waals surface area contributed by atoms with Crippen molar-refractivity contribution in [1.29, 1.82) is 0 Å². The number of hydroxylamine groups is 1. The second-order valence-corrected chi connectivity index (χ2v) is 8.67. The SMILES string of the molecule is CCC1=CO[C@@](CC)([C@H]2[C@H]3C(=O)N(c4ccccc4)C(=O)[C@H]3ON2c2ccccc2)CC1. The zero-order valence-corrected chi connectivity index (χ0v) is 18.4. The summed E-state index contributed by atoms with van der Waals surface area (Å²) in [7, 11) is 0. The molecule has 0 unspecified atom stereocenters. The van der Waals surface area contributed by atoms with E-state index < -0.39 is 23.7 Å². The first-order valence-corrected chi connectivity index (χ1v) is 11.4. The van der Waals surface area contributed by atoms with Gasteiger partial charge in [0.25, 0.3) is 5.91 Å². The maximum atomic E-state index is 13.7. The lowest BCUT2D eigenvalue weighted by molar-refractivity contribution is -0.127. The summed E-state index contributed by atoms with van der Waals surface area (Å²) in [6, 6.07) is 18.3. The second-order valence-electron chi connectivity index (χ2n) is 8.67. The fourth-order valence-electron chi connectivity index (χ4n) is 5.22. The number of hydrogen-bond donors (Lipinski definition) is 0. The van der Waals surface area contributed by atoms with Gasteiger partial charge in [-0.25, -0.2) is 9.96 Å². The summed E-state index contributed by atoms with van der Waals surface area (Å²) in [5.41, 5.74) is 2.03. The number of imide groups is 1. The molecule has 6 heteroatoms. The average Bonchev–Trinajstić information content (AvgIpc) is 3.36. The number of ether oxygens (including phenoxy) is 1. The molecule has 3 aliphatic heterocycles. The first kappa shape index (κ1) is 20.8. The van der Waals surface area contributed by atoms with Gasteiger partial charge < -0.3 is 4.74 Å². The van der Waals surface area contributed by atoms with Crippen LogP contribution in [-0.2, 0) is 19.2 Å². The molecule has 0 saturated carbocycles. The van der Waals surface area contributed by atoms with Gasteiger partial charge in [0.2, 0.25) is 5.91 Å². The molecule has 6 nitrogen and oxygen atoms in total. The van der Waals surface area contributed by atoms with Crippen molar-refractivity contribution in [3.63, 3.8) is 0 Å². The fourth-order valence-corrected chi connectivity index (χ4v) is 5.22. The minimum atomic E-state index is -0.864. The van der Waals surface area contributed by atoms with Crippen LogP contribution < -0.4 is 9.96 Å². The molecule has 2 amide bonds. The normalized spacial score (nSPS) is 29.7. The van der Waals surface area contributed by atoms with Gasteiger partial charge in [-0.1, -0.05) is 50.2 Å². The fraction of sp³-hybridized carbons (Fsp3) is 0.385. The average molecular weight is 433 g/mol. The molecule has 0 aromatic heterocycles. The van der Waals surface area contributed by atoms with E-state index in [1.54, 1.807) is 17.2 Å². The van der Waals surface area contributed by atoms with Crippen LogP contribution in [0.5, 0.6) is 0 Å². The zero-order chi connectivity index (χ0) is 22.3. The van der Waals surface area contributed by atoms with E-state index in [9.17, 15) is 9.59 Å². The van der Waals surface area contributed by atoms with Gasteiger partial charge in [-0.15, -0.1) is 0 Å². The number of nitrogens with zero attached hydrogens (tertiary/aromatic N) is 2. The highest BCUT2D eigenvalue weighted by molar-refractivity contribution is 6.24. The van der Waals surface area contributed by atoms with Crippen molar-refractivity contribution < 1.29 is 19.2 Å². The number of para-hydroxylation sites is 2. The van der Waals surface area contributed by atoms with Crippen LogP contribution in [-0.4, -0.2) is 29.6 Å². The lowest BCUT2D eigenvalue weighted by Crippen LogP contribution is -2.56. The molecule has 2 aromatic rings. The number of allylic oxidation sites excluding steroid dienone is 1. The number of fused-ring (bicyclic) bond motifs is 1. The molecule has 3 aliphatic rings. The van der Waals surface area contributed by atoms with Crippen LogP contribution >= 0.6 is 0 Å². The van der Waals surface area contributed by atoms with Crippen molar-refractivity contribution in [2.45, 2.75) is 57.3 Å². The molecule has 166 valence electrons. The molecule has 2 saturated heterocycles. The van der Waals surface area contributed by atoms with Gasteiger partial charge in [-0.05, 0) is 55.5 Å². The minimum absolute atomic E-state index is 0.226. The number of amides is 2. The van der Waals surface area contributed by atoms with E-state index in [4.69, 9.17) is 9.57 Å². The van der Waals surface area contributed by atoms with Gasteiger partial charge in [0.15, 0.2) is 6.10 Å². The molecule has 32 heavy (non-hydrogen) atoms. The Bertz CT molecular complexity index is 1040. The first-order chi connectivity index (χ1) is 15.6. The highest BCUT2D eigenvalue weighted by atomic mass is 16.7. The third-order valence-corrected chi connectivity index (χ3v) is 7.06. The Kier molecular flexibility index (Phi) is 5.25. The Hall–Kier alpha value is -3.12. The highest BCUT2D eigenvalue weighted by Crippen LogP contribution is 2.48. The van der Waals surface area contributed by atoms with Crippen LogP contribution in [0.15, 0.2) is 72.5 Å². The number of benzene rings is 2. The van der Waals surface area contributed by atoms with E-state index in [1.807, 2.05) is 54.8 Å². The number of carbonyl (C=O) groups is 2. The monoisotopic (exact) mass is 432 g/mol. The Balaban J connectivity index is 1.58. The van der Waals surface area contributed by atoms with E-state index >= 15 is 0 Å². The summed E-state index contributed by atoms with van der Waals surface area (Å²) < 4.78 is 6.42. The Morgan fingerprint density at radius 3 is 2.16 bits per heavy atom. The summed E-state index contributed by atoms with van der Waals surface area (Å²) in [6.45, 7) is 4.20. The number of anilines is 2. The molecule has 0 aliphatic carbocycles. The van der Waals surface area contributed by atoms with E-state index in [0.29, 0.717) is 12.1 Å².